The Bertz CT molecular complexity index is 314. The first-order valence-electron chi connectivity index (χ1n) is 3.82. The second kappa shape index (κ2) is 4.01. The van der Waals surface area contributed by atoms with Gasteiger partial charge in [0.05, 0.1) is 0 Å². The van der Waals surface area contributed by atoms with Crippen LogP contribution in [0.3, 0.4) is 0 Å². The molecule has 1 aromatic rings. The molecule has 0 atom stereocenters. The topological polar surface area (TPSA) is 39.2 Å². The summed E-state index contributed by atoms with van der Waals surface area (Å²) in [4.78, 5) is 14.8. The third kappa shape index (κ3) is 2.47. The third-order valence-corrected chi connectivity index (χ3v) is 1.94. The summed E-state index contributed by atoms with van der Waals surface area (Å²) in [7, 11) is -1.20. The lowest BCUT2D eigenvalue weighted by Crippen LogP contribution is -2.17. The Labute approximate surface area is 72.8 Å². The van der Waals surface area contributed by atoms with Gasteiger partial charge in [0, 0.05) is 6.20 Å². The van der Waals surface area contributed by atoms with Gasteiger partial charge in [-0.3, -0.25) is 4.79 Å². The van der Waals surface area contributed by atoms with Crippen LogP contribution in [-0.4, -0.2) is 14.0 Å². The van der Waals surface area contributed by atoms with Crippen molar-refractivity contribution < 1.29 is 4.43 Å². The van der Waals surface area contributed by atoms with E-state index in [9.17, 15) is 4.79 Å². The van der Waals surface area contributed by atoms with E-state index in [-0.39, 0.29) is 5.56 Å². The summed E-state index contributed by atoms with van der Waals surface area (Å²) in [6, 6.07) is 5.11. The quantitative estimate of drug-likeness (QED) is 0.634. The van der Waals surface area contributed by atoms with E-state index < -0.39 is 9.04 Å². The summed E-state index contributed by atoms with van der Waals surface area (Å²) in [6.45, 7) is 4.01. The van der Waals surface area contributed by atoms with Crippen LogP contribution < -0.4 is 9.99 Å². The average Bonchev–Trinajstić information content (AvgIpc) is 2.16. The molecule has 4 heteroatoms. The van der Waals surface area contributed by atoms with Crippen LogP contribution in [0.5, 0.6) is 5.75 Å². The Hall–Kier alpha value is -1.16. The van der Waals surface area contributed by atoms with Crippen molar-refractivity contribution in [1.82, 2.24) is 4.98 Å². The molecular formula is C8H11NO2Si. The van der Waals surface area contributed by atoms with E-state index >= 15 is 0 Å². The standard InChI is InChI=1S/C8H11NO2Si/c1-12(2)11-7-5-3-4-6-9-8(7)10/h3-6,12H,1-2H3. The molecule has 1 rings (SSSR count). The Morgan fingerprint density at radius 1 is 1.42 bits per heavy atom. The lowest BCUT2D eigenvalue weighted by atomic mass is 10.5. The van der Waals surface area contributed by atoms with Gasteiger partial charge in [0.25, 0.3) is 0 Å². The molecule has 0 fully saturated rings. The van der Waals surface area contributed by atoms with Crippen LogP contribution in [0.1, 0.15) is 0 Å². The van der Waals surface area contributed by atoms with E-state index in [4.69, 9.17) is 4.43 Å². The molecule has 0 aromatic carbocycles. The molecule has 3 nitrogen and oxygen atoms in total. The molecule has 0 bridgehead atoms. The molecule has 0 aliphatic heterocycles. The van der Waals surface area contributed by atoms with Gasteiger partial charge in [-0.25, -0.2) is 4.98 Å². The molecule has 64 valence electrons. The fourth-order valence-electron chi connectivity index (χ4n) is 0.782. The summed E-state index contributed by atoms with van der Waals surface area (Å²) in [6.07, 6.45) is 1.47. The molecule has 0 aliphatic rings. The van der Waals surface area contributed by atoms with Gasteiger partial charge in [0.15, 0.2) is 5.75 Å². The van der Waals surface area contributed by atoms with Gasteiger partial charge in [0.1, 0.15) is 0 Å². The van der Waals surface area contributed by atoms with Gasteiger partial charge in [-0.15, -0.1) is 0 Å². The zero-order valence-corrected chi connectivity index (χ0v) is 8.31. The maximum Gasteiger partial charge on any atom is 0.310 e. The first kappa shape index (κ1) is 8.93. The van der Waals surface area contributed by atoms with E-state index in [2.05, 4.69) is 4.98 Å². The molecule has 12 heavy (non-hydrogen) atoms. The highest BCUT2D eigenvalue weighted by Crippen LogP contribution is 2.00. The lowest BCUT2D eigenvalue weighted by Gasteiger charge is -2.04. The van der Waals surface area contributed by atoms with Crippen molar-refractivity contribution in [2.24, 2.45) is 0 Å². The minimum absolute atomic E-state index is 0.291. The molecule has 0 aliphatic carbocycles. The second-order valence-electron chi connectivity index (χ2n) is 2.67. The van der Waals surface area contributed by atoms with Crippen molar-refractivity contribution >= 4 is 9.04 Å². The Kier molecular flexibility index (Phi) is 2.99. The Morgan fingerprint density at radius 2 is 2.17 bits per heavy atom. The minimum Gasteiger partial charge on any atom is -0.543 e. The van der Waals surface area contributed by atoms with Crippen LogP contribution in [-0.2, 0) is 0 Å². The number of rotatable bonds is 2. The zero-order chi connectivity index (χ0) is 8.97. The first-order chi connectivity index (χ1) is 5.70. The molecule has 0 radical (unpaired) electrons. The van der Waals surface area contributed by atoms with Crippen molar-refractivity contribution in [2.45, 2.75) is 13.1 Å². The van der Waals surface area contributed by atoms with Gasteiger partial charge in [-0.05, 0) is 25.2 Å². The fourth-order valence-corrected chi connectivity index (χ4v) is 1.47. The molecule has 1 heterocycles. The van der Waals surface area contributed by atoms with E-state index in [0.717, 1.165) is 0 Å². The highest BCUT2D eigenvalue weighted by molar-refractivity contribution is 6.49. The largest absolute Gasteiger partial charge is 0.543 e. The summed E-state index contributed by atoms with van der Waals surface area (Å²) in [5.41, 5.74) is -0.291. The Balaban J connectivity index is 3.01. The van der Waals surface area contributed by atoms with Gasteiger partial charge in [-0.1, -0.05) is 6.07 Å². The van der Waals surface area contributed by atoms with Crippen molar-refractivity contribution in [3.05, 3.63) is 34.7 Å². The normalized spacial score (nSPS) is 9.92. The average molecular weight is 181 g/mol. The van der Waals surface area contributed by atoms with Crippen molar-refractivity contribution in [1.29, 1.82) is 0 Å². The van der Waals surface area contributed by atoms with Gasteiger partial charge >= 0.3 is 5.56 Å². The van der Waals surface area contributed by atoms with Crippen molar-refractivity contribution in [3.63, 3.8) is 0 Å². The van der Waals surface area contributed by atoms with Crippen LogP contribution in [0.25, 0.3) is 0 Å². The van der Waals surface area contributed by atoms with Crippen molar-refractivity contribution in [3.8, 4) is 5.75 Å². The van der Waals surface area contributed by atoms with Crippen molar-refractivity contribution in [2.75, 3.05) is 0 Å². The Morgan fingerprint density at radius 3 is 2.83 bits per heavy atom. The maximum absolute atomic E-state index is 11.1. The maximum atomic E-state index is 11.1. The number of nitrogens with zero attached hydrogens (tertiary/aromatic N) is 1. The van der Waals surface area contributed by atoms with E-state index in [0.29, 0.717) is 5.75 Å². The van der Waals surface area contributed by atoms with Crippen LogP contribution in [0.15, 0.2) is 29.2 Å². The molecule has 0 N–H and O–H groups in total. The number of hydrogen-bond donors (Lipinski definition) is 0. The SMILES string of the molecule is C[SiH](C)Oc1ccccnc1=O. The highest BCUT2D eigenvalue weighted by atomic mass is 28.3. The van der Waals surface area contributed by atoms with E-state index in [1.165, 1.54) is 6.20 Å². The van der Waals surface area contributed by atoms with Crippen LogP contribution in [0.4, 0.5) is 0 Å². The van der Waals surface area contributed by atoms with E-state index in [1.54, 1.807) is 18.2 Å². The molecule has 0 saturated heterocycles. The summed E-state index contributed by atoms with van der Waals surface area (Å²) >= 11 is 0. The third-order valence-electron chi connectivity index (χ3n) is 1.21. The number of aromatic nitrogens is 1. The van der Waals surface area contributed by atoms with E-state index in [1.807, 2.05) is 13.1 Å². The monoisotopic (exact) mass is 181 g/mol. The highest BCUT2D eigenvalue weighted by Gasteiger charge is 2.01. The molecule has 0 spiro atoms. The predicted octanol–water partition coefficient (Wildman–Crippen LogP) is 0.804. The second-order valence-corrected chi connectivity index (χ2v) is 5.00. The summed E-state index contributed by atoms with van der Waals surface area (Å²) in [5.74, 6) is 0.363. The van der Waals surface area contributed by atoms with Gasteiger partial charge < -0.3 is 4.43 Å². The fraction of sp³-hybridized carbons (Fsp3) is 0.250. The lowest BCUT2D eigenvalue weighted by molar-refractivity contribution is 0.572. The zero-order valence-electron chi connectivity index (χ0n) is 7.15. The molecule has 1 aromatic heterocycles. The first-order valence-corrected chi connectivity index (χ1v) is 6.60. The van der Waals surface area contributed by atoms with Crippen LogP contribution in [0, 0.1) is 0 Å². The minimum atomic E-state index is -1.20. The summed E-state index contributed by atoms with van der Waals surface area (Å²) < 4.78 is 5.37. The number of hydrogen-bond acceptors (Lipinski definition) is 3. The molecule has 0 saturated carbocycles. The molecule has 0 unspecified atom stereocenters. The summed E-state index contributed by atoms with van der Waals surface area (Å²) in [5, 5.41) is 0. The molecular weight excluding hydrogens is 170 g/mol. The predicted molar refractivity (Wildman–Crippen MR) is 50.0 cm³/mol. The molecule has 0 amide bonds. The van der Waals surface area contributed by atoms with Crippen LogP contribution in [0.2, 0.25) is 13.1 Å². The van der Waals surface area contributed by atoms with Gasteiger partial charge in [0.2, 0.25) is 9.04 Å². The van der Waals surface area contributed by atoms with Crippen LogP contribution >= 0.6 is 0 Å². The van der Waals surface area contributed by atoms with Gasteiger partial charge in [-0.2, -0.15) is 0 Å². The smallest absolute Gasteiger partial charge is 0.310 e.